The minimum absolute atomic E-state index is 0.675. The molecule has 0 aliphatic rings. The average molecular weight is 479 g/mol. The van der Waals surface area contributed by atoms with Crippen LogP contribution in [-0.2, 0) is 0 Å². The zero-order chi connectivity index (χ0) is 23.6. The molecule has 4 nitrogen and oxygen atoms in total. The van der Waals surface area contributed by atoms with E-state index in [-0.39, 0.29) is 0 Å². The summed E-state index contributed by atoms with van der Waals surface area (Å²) in [4.78, 5) is 16.0. The van der Waals surface area contributed by atoms with Gasteiger partial charge in [-0.1, -0.05) is 72.8 Å². The highest BCUT2D eigenvalue weighted by Gasteiger charge is 2.20. The number of pyridine rings is 1. The molecule has 0 aliphatic heterocycles. The molecule has 168 valence electrons. The quantitative estimate of drug-likeness (QED) is 0.252. The number of rotatable bonds is 2. The fraction of sp³-hybridized carbons (Fsp3) is 0. The third-order valence-corrected chi connectivity index (χ3v) is 7.96. The van der Waals surface area contributed by atoms with Crippen LogP contribution in [0, 0.1) is 0 Å². The average Bonchev–Trinajstić information content (AvgIpc) is 3.48. The fourth-order valence-electron chi connectivity index (χ4n) is 5.34. The first-order valence-electron chi connectivity index (χ1n) is 11.9. The second-order valence-electron chi connectivity index (χ2n) is 8.90. The summed E-state index contributed by atoms with van der Waals surface area (Å²) in [5, 5.41) is 5.80. The molecule has 5 heteroatoms. The van der Waals surface area contributed by atoms with Gasteiger partial charge in [0.05, 0.1) is 22.2 Å². The Kier molecular flexibility index (Phi) is 4.07. The molecule has 0 amide bonds. The van der Waals surface area contributed by atoms with Gasteiger partial charge in [0.2, 0.25) is 5.95 Å². The van der Waals surface area contributed by atoms with E-state index in [1.54, 1.807) is 11.3 Å². The second-order valence-corrected chi connectivity index (χ2v) is 9.93. The van der Waals surface area contributed by atoms with Crippen molar-refractivity contribution in [3.63, 3.8) is 0 Å². The molecule has 8 rings (SSSR count). The SMILES string of the molecule is c1ccc(-c2nc(-n3c4ccccc4c4ccc5sc6ncccc6c5c43)nc3ccccc23)cc1. The summed E-state index contributed by atoms with van der Waals surface area (Å²) >= 11 is 1.73. The lowest BCUT2D eigenvalue weighted by Gasteiger charge is -2.12. The maximum Gasteiger partial charge on any atom is 0.235 e. The molecule has 8 aromatic rings. The van der Waals surface area contributed by atoms with E-state index in [2.05, 4.69) is 88.4 Å². The van der Waals surface area contributed by atoms with Crippen LogP contribution in [0.25, 0.3) is 70.2 Å². The number of fused-ring (bicyclic) bond motifs is 8. The highest BCUT2D eigenvalue weighted by atomic mass is 32.1. The lowest BCUT2D eigenvalue weighted by molar-refractivity contribution is 1.02. The molecular formula is C31H18N4S. The highest BCUT2D eigenvalue weighted by molar-refractivity contribution is 7.25. The Morgan fingerprint density at radius 2 is 1.39 bits per heavy atom. The topological polar surface area (TPSA) is 43.6 Å². The fourth-order valence-corrected chi connectivity index (χ4v) is 6.39. The third-order valence-electron chi connectivity index (χ3n) is 6.88. The van der Waals surface area contributed by atoms with E-state index >= 15 is 0 Å². The van der Waals surface area contributed by atoms with E-state index < -0.39 is 0 Å². The third kappa shape index (κ3) is 2.72. The molecular weight excluding hydrogens is 460 g/mol. The molecule has 0 saturated carbocycles. The summed E-state index contributed by atoms with van der Waals surface area (Å²) < 4.78 is 3.45. The van der Waals surface area contributed by atoms with Crippen molar-refractivity contribution in [3.05, 3.63) is 109 Å². The molecule has 0 bridgehead atoms. The molecule has 4 aromatic heterocycles. The van der Waals surface area contributed by atoms with Crippen LogP contribution in [0.4, 0.5) is 0 Å². The predicted octanol–water partition coefficient (Wildman–Crippen LogP) is 8.16. The van der Waals surface area contributed by atoms with Gasteiger partial charge in [0.1, 0.15) is 4.83 Å². The molecule has 36 heavy (non-hydrogen) atoms. The summed E-state index contributed by atoms with van der Waals surface area (Å²) in [5.41, 5.74) is 5.16. The molecule has 4 aromatic carbocycles. The minimum atomic E-state index is 0.675. The van der Waals surface area contributed by atoms with Crippen molar-refractivity contribution < 1.29 is 0 Å². The van der Waals surface area contributed by atoms with Crippen LogP contribution in [0.2, 0.25) is 0 Å². The Balaban J connectivity index is 1.59. The summed E-state index contributed by atoms with van der Waals surface area (Å²) in [7, 11) is 0. The summed E-state index contributed by atoms with van der Waals surface area (Å²) in [6.07, 6.45) is 1.86. The normalized spacial score (nSPS) is 11.9. The van der Waals surface area contributed by atoms with E-state index in [0.717, 1.165) is 43.4 Å². The lowest BCUT2D eigenvalue weighted by atomic mass is 10.1. The van der Waals surface area contributed by atoms with E-state index in [9.17, 15) is 0 Å². The van der Waals surface area contributed by atoms with Crippen molar-refractivity contribution in [1.29, 1.82) is 0 Å². The zero-order valence-electron chi connectivity index (χ0n) is 19.1. The van der Waals surface area contributed by atoms with Crippen molar-refractivity contribution >= 4 is 64.3 Å². The van der Waals surface area contributed by atoms with Gasteiger partial charge < -0.3 is 0 Å². The van der Waals surface area contributed by atoms with Crippen LogP contribution in [0.5, 0.6) is 0 Å². The molecule has 4 heterocycles. The zero-order valence-corrected chi connectivity index (χ0v) is 19.9. The van der Waals surface area contributed by atoms with Gasteiger partial charge in [0, 0.05) is 43.4 Å². The van der Waals surface area contributed by atoms with Crippen LogP contribution < -0.4 is 0 Å². The van der Waals surface area contributed by atoms with E-state index in [1.807, 2.05) is 30.5 Å². The lowest BCUT2D eigenvalue weighted by Crippen LogP contribution is -2.03. The number of benzene rings is 4. The number of para-hydroxylation sites is 2. The van der Waals surface area contributed by atoms with Gasteiger partial charge in [0.25, 0.3) is 0 Å². The molecule has 0 N–H and O–H groups in total. The standard InChI is InChI=1S/C31H18N4S/c1-2-9-19(10-3-1)28-22-12-4-6-14-24(22)33-31(34-28)35-25-15-7-5-11-20(25)21-16-17-26-27(29(21)35)23-13-8-18-32-30(23)36-26/h1-18H. The van der Waals surface area contributed by atoms with Gasteiger partial charge in [-0.2, -0.15) is 0 Å². The molecule has 0 saturated heterocycles. The molecule has 0 fully saturated rings. The number of hydrogen-bond acceptors (Lipinski definition) is 4. The van der Waals surface area contributed by atoms with Crippen molar-refractivity contribution in [2.45, 2.75) is 0 Å². The van der Waals surface area contributed by atoms with Gasteiger partial charge in [-0.3, -0.25) is 4.57 Å². The Hall–Kier alpha value is -4.61. The number of hydrogen-bond donors (Lipinski definition) is 0. The van der Waals surface area contributed by atoms with Gasteiger partial charge in [-0.15, -0.1) is 11.3 Å². The Morgan fingerprint density at radius 1 is 0.611 bits per heavy atom. The second kappa shape index (κ2) is 7.44. The highest BCUT2D eigenvalue weighted by Crippen LogP contribution is 2.42. The Labute approximate surface area is 210 Å². The molecule has 0 atom stereocenters. The number of nitrogens with zero attached hydrogens (tertiary/aromatic N) is 4. The van der Waals surface area contributed by atoms with E-state index in [1.165, 1.54) is 20.9 Å². The number of aromatic nitrogens is 4. The van der Waals surface area contributed by atoms with Crippen molar-refractivity contribution in [2.75, 3.05) is 0 Å². The first-order chi connectivity index (χ1) is 17.9. The first kappa shape index (κ1) is 19.7. The van der Waals surface area contributed by atoms with Crippen LogP contribution >= 0.6 is 11.3 Å². The van der Waals surface area contributed by atoms with Crippen molar-refractivity contribution in [2.24, 2.45) is 0 Å². The van der Waals surface area contributed by atoms with Gasteiger partial charge in [0.15, 0.2) is 0 Å². The smallest absolute Gasteiger partial charge is 0.235 e. The maximum atomic E-state index is 5.22. The van der Waals surface area contributed by atoms with Gasteiger partial charge in [-0.05, 0) is 30.3 Å². The molecule has 0 radical (unpaired) electrons. The predicted molar refractivity (Wildman–Crippen MR) is 150 cm³/mol. The Morgan fingerprint density at radius 3 is 2.31 bits per heavy atom. The largest absolute Gasteiger partial charge is 0.277 e. The summed E-state index contributed by atoms with van der Waals surface area (Å²) in [6, 6.07) is 35.8. The summed E-state index contributed by atoms with van der Waals surface area (Å²) in [6.45, 7) is 0. The van der Waals surface area contributed by atoms with E-state index in [0.29, 0.717) is 5.95 Å². The monoisotopic (exact) mass is 478 g/mol. The molecule has 0 aliphatic carbocycles. The van der Waals surface area contributed by atoms with Crippen LogP contribution in [-0.4, -0.2) is 19.5 Å². The summed E-state index contributed by atoms with van der Waals surface area (Å²) in [5.74, 6) is 0.675. The first-order valence-corrected chi connectivity index (χ1v) is 12.7. The minimum Gasteiger partial charge on any atom is -0.277 e. The van der Waals surface area contributed by atoms with Crippen molar-refractivity contribution in [3.8, 4) is 17.2 Å². The van der Waals surface area contributed by atoms with E-state index in [4.69, 9.17) is 9.97 Å². The Bertz CT molecular complexity index is 2100. The van der Waals surface area contributed by atoms with Crippen molar-refractivity contribution in [1.82, 2.24) is 19.5 Å². The van der Waals surface area contributed by atoms with Crippen LogP contribution in [0.3, 0.4) is 0 Å². The van der Waals surface area contributed by atoms with Gasteiger partial charge >= 0.3 is 0 Å². The number of thiophene rings is 1. The molecule has 0 unspecified atom stereocenters. The molecule has 0 spiro atoms. The van der Waals surface area contributed by atoms with Gasteiger partial charge in [-0.25, -0.2) is 15.0 Å². The maximum absolute atomic E-state index is 5.22. The van der Waals surface area contributed by atoms with Crippen LogP contribution in [0.15, 0.2) is 109 Å². The van der Waals surface area contributed by atoms with Crippen LogP contribution in [0.1, 0.15) is 0 Å².